The van der Waals surface area contributed by atoms with E-state index in [1.807, 2.05) is 19.0 Å². The van der Waals surface area contributed by atoms with Crippen LogP contribution in [-0.2, 0) is 5.60 Å². The largest absolute Gasteiger partial charge is 0.573 e. The van der Waals surface area contributed by atoms with Crippen LogP contribution in [0.1, 0.15) is 29.0 Å². The lowest BCUT2D eigenvalue weighted by Gasteiger charge is -2.39. The van der Waals surface area contributed by atoms with Crippen LogP contribution in [0.2, 0.25) is 0 Å². The number of aromatic nitrogens is 2. The highest BCUT2D eigenvalue weighted by Crippen LogP contribution is 2.49. The Morgan fingerprint density at radius 1 is 0.826 bits per heavy atom. The van der Waals surface area contributed by atoms with Crippen LogP contribution in [0.25, 0.3) is 11.1 Å². The highest BCUT2D eigenvalue weighted by atomic mass is 19.4. The second-order valence-electron chi connectivity index (χ2n) is 10.6. The molecule has 0 aliphatic heterocycles. The van der Waals surface area contributed by atoms with Crippen molar-refractivity contribution in [3.05, 3.63) is 89.4 Å². The van der Waals surface area contributed by atoms with Crippen molar-refractivity contribution in [1.29, 1.82) is 0 Å². The normalized spacial score (nSPS) is 13.6. The van der Waals surface area contributed by atoms with E-state index in [4.69, 9.17) is 18.9 Å². The van der Waals surface area contributed by atoms with Gasteiger partial charge in [-0.25, -0.2) is 9.37 Å². The fourth-order valence-electron chi connectivity index (χ4n) is 5.23. The van der Waals surface area contributed by atoms with E-state index in [1.54, 1.807) is 24.3 Å². The van der Waals surface area contributed by atoms with E-state index >= 15 is 4.39 Å². The molecule has 0 radical (unpaired) electrons. The summed E-state index contributed by atoms with van der Waals surface area (Å²) in [4.78, 5) is 10.6. The minimum Gasteiger partial charge on any atom is -0.494 e. The third-order valence-corrected chi connectivity index (χ3v) is 7.44. The Labute approximate surface area is 264 Å². The van der Waals surface area contributed by atoms with E-state index in [0.717, 1.165) is 0 Å². The first-order valence-electron chi connectivity index (χ1n) is 14.0. The molecule has 9 nitrogen and oxygen atoms in total. The molecule has 4 rings (SSSR count). The summed E-state index contributed by atoms with van der Waals surface area (Å²) in [5, 5.41) is 13.0. The maximum Gasteiger partial charge on any atom is 0.573 e. The summed E-state index contributed by atoms with van der Waals surface area (Å²) in [6.45, 7) is 0.363. The van der Waals surface area contributed by atoms with Gasteiger partial charge in [-0.1, -0.05) is 24.3 Å². The van der Waals surface area contributed by atoms with Crippen molar-refractivity contribution in [2.45, 2.75) is 24.3 Å². The van der Waals surface area contributed by atoms with Gasteiger partial charge in [0.1, 0.15) is 11.4 Å². The molecule has 0 saturated heterocycles. The van der Waals surface area contributed by atoms with E-state index < -0.39 is 29.4 Å². The lowest BCUT2D eigenvalue weighted by Crippen LogP contribution is -2.38. The molecular formula is C33H35F4N3O6. The summed E-state index contributed by atoms with van der Waals surface area (Å²) in [7, 11) is 9.25. The van der Waals surface area contributed by atoms with E-state index in [2.05, 4.69) is 14.7 Å². The van der Waals surface area contributed by atoms with Crippen molar-refractivity contribution in [3.63, 3.8) is 0 Å². The van der Waals surface area contributed by atoms with Gasteiger partial charge in [0, 0.05) is 41.6 Å². The van der Waals surface area contributed by atoms with Gasteiger partial charge in [-0.2, -0.15) is 4.98 Å². The zero-order valence-electron chi connectivity index (χ0n) is 26.2. The Hall–Kier alpha value is -4.62. The third kappa shape index (κ3) is 7.60. The van der Waals surface area contributed by atoms with Crippen molar-refractivity contribution in [2.24, 2.45) is 0 Å². The van der Waals surface area contributed by atoms with Gasteiger partial charge in [-0.3, -0.25) is 0 Å². The molecule has 2 atom stereocenters. The molecule has 2 aromatic carbocycles. The lowest BCUT2D eigenvalue weighted by molar-refractivity contribution is -0.274. The fraction of sp³-hybridized carbons (Fsp3) is 0.333. The molecule has 4 aromatic rings. The van der Waals surface area contributed by atoms with Crippen LogP contribution >= 0.6 is 0 Å². The number of hydrogen-bond donors (Lipinski definition) is 1. The zero-order valence-corrected chi connectivity index (χ0v) is 26.2. The molecule has 2 aromatic heterocycles. The van der Waals surface area contributed by atoms with E-state index in [0.29, 0.717) is 28.8 Å². The predicted molar refractivity (Wildman–Crippen MR) is 162 cm³/mol. The summed E-state index contributed by atoms with van der Waals surface area (Å²) in [6, 6.07) is 14.6. The van der Waals surface area contributed by atoms with E-state index in [9.17, 15) is 18.3 Å². The molecule has 0 bridgehead atoms. The van der Waals surface area contributed by atoms with E-state index in [1.165, 1.54) is 71.0 Å². The average Bonchev–Trinajstić information content (AvgIpc) is 3.04. The number of aliphatic hydroxyl groups is 1. The SMILES string of the molecule is COc1cc([C@](O)(CCN(C)C)[C@@H](c2cc(-c3ccc(OC(F)(F)F)cc3)cnc2OC)c2cccc(OC)c2F)cc(OC)n1. The number of alkyl halides is 3. The summed E-state index contributed by atoms with van der Waals surface area (Å²) in [5.41, 5.74) is -0.257. The van der Waals surface area contributed by atoms with Crippen LogP contribution in [-0.4, -0.2) is 75.4 Å². The maximum atomic E-state index is 16.3. The topological polar surface area (TPSA) is 95.4 Å². The van der Waals surface area contributed by atoms with Gasteiger partial charge in [-0.15, -0.1) is 13.2 Å². The zero-order chi connectivity index (χ0) is 33.6. The van der Waals surface area contributed by atoms with Gasteiger partial charge >= 0.3 is 6.36 Å². The average molecular weight is 646 g/mol. The molecule has 46 heavy (non-hydrogen) atoms. The van der Waals surface area contributed by atoms with Gasteiger partial charge < -0.3 is 33.7 Å². The number of ether oxygens (including phenoxy) is 5. The third-order valence-electron chi connectivity index (χ3n) is 7.44. The summed E-state index contributed by atoms with van der Waals surface area (Å²) in [6.07, 6.45) is -3.30. The van der Waals surface area contributed by atoms with Gasteiger partial charge in [0.25, 0.3) is 0 Å². The van der Waals surface area contributed by atoms with Gasteiger partial charge in [-0.05, 0) is 55.9 Å². The first-order valence-corrected chi connectivity index (χ1v) is 14.0. The van der Waals surface area contributed by atoms with Crippen LogP contribution in [0.15, 0.2) is 66.9 Å². The van der Waals surface area contributed by atoms with E-state index in [-0.39, 0.29) is 35.4 Å². The molecule has 0 aliphatic rings. The van der Waals surface area contributed by atoms with Crippen LogP contribution in [0.4, 0.5) is 17.6 Å². The van der Waals surface area contributed by atoms with Crippen molar-refractivity contribution in [3.8, 4) is 40.3 Å². The molecule has 13 heteroatoms. The summed E-state index contributed by atoms with van der Waals surface area (Å²) >= 11 is 0. The molecule has 0 saturated carbocycles. The minimum absolute atomic E-state index is 0.0503. The molecule has 0 amide bonds. The molecule has 0 unspecified atom stereocenters. The standard InChI is InChI=1S/C33H35F4N3O6/c1-40(2)15-14-32(41,22-17-27(43-4)39-28(18-22)44-5)29(24-8-7-9-26(42-3)30(24)34)25-16-21(19-38-31(25)45-6)20-10-12-23(13-11-20)46-33(35,36)37/h7-13,16-19,29,41H,14-15H2,1-6H3/t29-,32-/m1/s1. The molecule has 2 heterocycles. The van der Waals surface area contributed by atoms with Crippen molar-refractivity contribution in [1.82, 2.24) is 14.9 Å². The number of methoxy groups -OCH3 is 4. The highest BCUT2D eigenvalue weighted by Gasteiger charge is 2.44. The monoisotopic (exact) mass is 645 g/mol. The Morgan fingerprint density at radius 3 is 2.02 bits per heavy atom. The minimum atomic E-state index is -4.85. The Bertz CT molecular complexity index is 1610. The number of halogens is 4. The Balaban J connectivity index is 2.03. The second-order valence-corrected chi connectivity index (χ2v) is 10.6. The summed E-state index contributed by atoms with van der Waals surface area (Å²) in [5.74, 6) is -1.95. The number of hydrogen-bond acceptors (Lipinski definition) is 9. The highest BCUT2D eigenvalue weighted by molar-refractivity contribution is 5.66. The molecule has 1 N–H and O–H groups in total. The number of nitrogens with zero attached hydrogens (tertiary/aromatic N) is 3. The lowest BCUT2D eigenvalue weighted by atomic mass is 9.71. The first kappa shape index (κ1) is 34.3. The molecule has 0 fully saturated rings. The Kier molecular flexibility index (Phi) is 10.6. The smallest absolute Gasteiger partial charge is 0.494 e. The van der Waals surface area contributed by atoms with Crippen molar-refractivity contribution in [2.75, 3.05) is 49.1 Å². The molecule has 0 aliphatic carbocycles. The fourth-order valence-corrected chi connectivity index (χ4v) is 5.23. The van der Waals surface area contributed by atoms with Crippen LogP contribution in [0.3, 0.4) is 0 Å². The van der Waals surface area contributed by atoms with Gasteiger partial charge in [0.15, 0.2) is 11.6 Å². The molecule has 246 valence electrons. The summed E-state index contributed by atoms with van der Waals surface area (Å²) < 4.78 is 80.4. The van der Waals surface area contributed by atoms with Crippen LogP contribution < -0.4 is 23.7 Å². The van der Waals surface area contributed by atoms with Crippen LogP contribution in [0.5, 0.6) is 29.1 Å². The number of benzene rings is 2. The number of pyridine rings is 2. The predicted octanol–water partition coefficient (Wildman–Crippen LogP) is 6.19. The second kappa shape index (κ2) is 14.2. The van der Waals surface area contributed by atoms with Gasteiger partial charge in [0.05, 0.1) is 34.4 Å². The quantitative estimate of drug-likeness (QED) is 0.171. The number of rotatable bonds is 13. The molecular weight excluding hydrogens is 610 g/mol. The van der Waals surface area contributed by atoms with Crippen LogP contribution in [0, 0.1) is 5.82 Å². The first-order chi connectivity index (χ1) is 21.8. The maximum absolute atomic E-state index is 16.3. The molecule has 0 spiro atoms. The Morgan fingerprint density at radius 2 is 1.48 bits per heavy atom. The van der Waals surface area contributed by atoms with Crippen molar-refractivity contribution >= 4 is 0 Å². The van der Waals surface area contributed by atoms with Crippen molar-refractivity contribution < 1.29 is 46.4 Å². The van der Waals surface area contributed by atoms with Gasteiger partial charge in [0.2, 0.25) is 17.6 Å².